The van der Waals surface area contributed by atoms with Crippen LogP contribution in [0, 0.1) is 11.3 Å². The van der Waals surface area contributed by atoms with Crippen LogP contribution in [0.25, 0.3) is 0 Å². The maximum absolute atomic E-state index is 11.6. The van der Waals surface area contributed by atoms with E-state index in [2.05, 4.69) is 5.32 Å². The zero-order valence-electron chi connectivity index (χ0n) is 11.1. The molecule has 1 rings (SSSR count). The minimum Gasteiger partial charge on any atom is -0.494 e. The van der Waals surface area contributed by atoms with Gasteiger partial charge in [0.2, 0.25) is 5.91 Å². The maximum Gasteiger partial charge on any atom is 0.239 e. The fourth-order valence-corrected chi connectivity index (χ4v) is 2.49. The molecule has 0 fully saturated rings. The third kappa shape index (κ3) is 5.71. The predicted octanol–water partition coefficient (Wildman–Crippen LogP) is 1.35. The van der Waals surface area contributed by atoms with Crippen LogP contribution in [0.3, 0.4) is 0 Å². The highest BCUT2D eigenvalue weighted by molar-refractivity contribution is 7.92. The first kappa shape index (κ1) is 16.0. The Balaban J connectivity index is 2.56. The average molecular weight is 296 g/mol. The Morgan fingerprint density at radius 3 is 2.55 bits per heavy atom. The van der Waals surface area contributed by atoms with E-state index < -0.39 is 21.5 Å². The lowest BCUT2D eigenvalue weighted by atomic mass is 10.3. The van der Waals surface area contributed by atoms with Gasteiger partial charge in [0.05, 0.1) is 18.4 Å². The molecule has 0 aliphatic heterocycles. The number of hydrogen-bond donors (Lipinski definition) is 1. The Morgan fingerprint density at radius 1 is 1.35 bits per heavy atom. The SMILES string of the molecule is CCOc1ccc(NC(=O)CS(=O)(=O)CCC#N)cc1. The Labute approximate surface area is 118 Å². The molecule has 0 heterocycles. The topological polar surface area (TPSA) is 96.3 Å². The molecule has 0 atom stereocenters. The smallest absolute Gasteiger partial charge is 0.239 e. The van der Waals surface area contributed by atoms with Gasteiger partial charge in [0.1, 0.15) is 11.5 Å². The molecular formula is C13H16N2O4S. The molecule has 108 valence electrons. The van der Waals surface area contributed by atoms with E-state index in [0.717, 1.165) is 0 Å². The van der Waals surface area contributed by atoms with E-state index in [9.17, 15) is 13.2 Å². The van der Waals surface area contributed by atoms with Crippen LogP contribution in [0.5, 0.6) is 5.75 Å². The van der Waals surface area contributed by atoms with E-state index in [1.54, 1.807) is 30.3 Å². The predicted molar refractivity (Wildman–Crippen MR) is 75.1 cm³/mol. The Kier molecular flexibility index (Phi) is 6.00. The number of nitrogens with one attached hydrogen (secondary N) is 1. The molecule has 0 aliphatic rings. The van der Waals surface area contributed by atoms with Crippen LogP contribution < -0.4 is 10.1 Å². The van der Waals surface area contributed by atoms with Crippen molar-refractivity contribution < 1.29 is 17.9 Å². The number of nitriles is 1. The summed E-state index contributed by atoms with van der Waals surface area (Å²) >= 11 is 0. The number of anilines is 1. The summed E-state index contributed by atoms with van der Waals surface area (Å²) in [6.07, 6.45) is -0.112. The van der Waals surface area contributed by atoms with E-state index >= 15 is 0 Å². The second-order valence-electron chi connectivity index (χ2n) is 4.01. The number of sulfone groups is 1. The van der Waals surface area contributed by atoms with Crippen molar-refractivity contribution in [2.24, 2.45) is 0 Å². The molecule has 6 nitrogen and oxygen atoms in total. The summed E-state index contributed by atoms with van der Waals surface area (Å²) in [6, 6.07) is 8.37. The summed E-state index contributed by atoms with van der Waals surface area (Å²) in [6.45, 7) is 2.41. The zero-order chi connectivity index (χ0) is 15.0. The molecule has 1 amide bonds. The van der Waals surface area contributed by atoms with Gasteiger partial charge in [0.25, 0.3) is 0 Å². The lowest BCUT2D eigenvalue weighted by Crippen LogP contribution is -2.24. The van der Waals surface area contributed by atoms with E-state index in [1.807, 2.05) is 6.92 Å². The van der Waals surface area contributed by atoms with E-state index in [1.165, 1.54) is 0 Å². The highest BCUT2D eigenvalue weighted by Gasteiger charge is 2.16. The first-order valence-electron chi connectivity index (χ1n) is 6.07. The van der Waals surface area contributed by atoms with Crippen LogP contribution in [0.4, 0.5) is 5.69 Å². The van der Waals surface area contributed by atoms with Gasteiger partial charge in [-0.2, -0.15) is 5.26 Å². The van der Waals surface area contributed by atoms with Crippen molar-refractivity contribution >= 4 is 21.4 Å². The van der Waals surface area contributed by atoms with Gasteiger partial charge in [0.15, 0.2) is 9.84 Å². The molecule has 0 radical (unpaired) electrons. The Morgan fingerprint density at radius 2 is 2.00 bits per heavy atom. The fraction of sp³-hybridized carbons (Fsp3) is 0.385. The molecule has 7 heteroatoms. The summed E-state index contributed by atoms with van der Waals surface area (Å²) < 4.78 is 28.2. The Hall–Kier alpha value is -2.07. The highest BCUT2D eigenvalue weighted by Crippen LogP contribution is 2.15. The molecule has 0 unspecified atom stereocenters. The Bertz CT molecular complexity index is 588. The van der Waals surface area contributed by atoms with Gasteiger partial charge in [-0.05, 0) is 31.2 Å². The number of nitrogens with zero attached hydrogens (tertiary/aromatic N) is 1. The molecule has 20 heavy (non-hydrogen) atoms. The molecule has 0 aliphatic carbocycles. The normalized spacial score (nSPS) is 10.6. The summed E-state index contributed by atoms with van der Waals surface area (Å²) in [5, 5.41) is 10.8. The van der Waals surface area contributed by atoms with Crippen LogP contribution in [0.15, 0.2) is 24.3 Å². The van der Waals surface area contributed by atoms with Gasteiger partial charge < -0.3 is 10.1 Å². The summed E-state index contributed by atoms with van der Waals surface area (Å²) in [5.41, 5.74) is 0.494. The molecular weight excluding hydrogens is 280 g/mol. The first-order valence-corrected chi connectivity index (χ1v) is 7.89. The summed E-state index contributed by atoms with van der Waals surface area (Å²) in [4.78, 5) is 11.6. The zero-order valence-corrected chi connectivity index (χ0v) is 11.9. The quantitative estimate of drug-likeness (QED) is 0.819. The highest BCUT2D eigenvalue weighted by atomic mass is 32.2. The fourth-order valence-electron chi connectivity index (χ4n) is 1.47. The number of ether oxygens (including phenoxy) is 1. The van der Waals surface area contributed by atoms with Crippen molar-refractivity contribution in [3.05, 3.63) is 24.3 Å². The van der Waals surface area contributed by atoms with Gasteiger partial charge in [-0.3, -0.25) is 4.79 Å². The maximum atomic E-state index is 11.6. The largest absolute Gasteiger partial charge is 0.494 e. The number of hydrogen-bond acceptors (Lipinski definition) is 5. The van der Waals surface area contributed by atoms with Crippen LogP contribution in [-0.4, -0.2) is 32.4 Å². The molecule has 1 N–H and O–H groups in total. The van der Waals surface area contributed by atoms with Gasteiger partial charge in [0, 0.05) is 12.1 Å². The van der Waals surface area contributed by atoms with Crippen molar-refractivity contribution in [1.82, 2.24) is 0 Å². The van der Waals surface area contributed by atoms with Crippen molar-refractivity contribution in [3.63, 3.8) is 0 Å². The van der Waals surface area contributed by atoms with Crippen molar-refractivity contribution in [1.29, 1.82) is 5.26 Å². The summed E-state index contributed by atoms with van der Waals surface area (Å²) in [7, 11) is -3.54. The third-order valence-electron chi connectivity index (χ3n) is 2.32. The molecule has 0 spiro atoms. The average Bonchev–Trinajstić information content (AvgIpc) is 2.38. The lowest BCUT2D eigenvalue weighted by molar-refractivity contribution is -0.113. The molecule has 1 aromatic carbocycles. The number of carbonyl (C=O) groups is 1. The number of rotatable bonds is 7. The minimum absolute atomic E-state index is 0.112. The van der Waals surface area contributed by atoms with Crippen molar-refractivity contribution in [3.8, 4) is 11.8 Å². The van der Waals surface area contributed by atoms with Crippen molar-refractivity contribution in [2.45, 2.75) is 13.3 Å². The molecule has 0 saturated heterocycles. The van der Waals surface area contributed by atoms with Gasteiger partial charge in [-0.1, -0.05) is 0 Å². The minimum atomic E-state index is -3.54. The van der Waals surface area contributed by atoms with E-state index in [4.69, 9.17) is 10.00 Å². The number of carbonyl (C=O) groups excluding carboxylic acids is 1. The van der Waals surface area contributed by atoms with E-state index in [0.29, 0.717) is 18.0 Å². The van der Waals surface area contributed by atoms with Crippen LogP contribution in [0.2, 0.25) is 0 Å². The molecule has 0 saturated carbocycles. The number of benzene rings is 1. The monoisotopic (exact) mass is 296 g/mol. The van der Waals surface area contributed by atoms with Gasteiger partial charge >= 0.3 is 0 Å². The second-order valence-corrected chi connectivity index (χ2v) is 6.19. The number of amides is 1. The molecule has 1 aromatic rings. The summed E-state index contributed by atoms with van der Waals surface area (Å²) in [5.74, 6) is -0.874. The molecule has 0 bridgehead atoms. The van der Waals surface area contributed by atoms with Crippen molar-refractivity contribution in [2.75, 3.05) is 23.4 Å². The standard InChI is InChI=1S/C13H16N2O4S/c1-2-19-12-6-4-11(5-7-12)15-13(16)10-20(17,18)9-3-8-14/h4-7H,2-3,9-10H2,1H3,(H,15,16). The van der Waals surface area contributed by atoms with Gasteiger partial charge in [-0.25, -0.2) is 8.42 Å². The van der Waals surface area contributed by atoms with Crippen LogP contribution >= 0.6 is 0 Å². The lowest BCUT2D eigenvalue weighted by Gasteiger charge is -2.07. The molecule has 0 aromatic heterocycles. The first-order chi connectivity index (χ1) is 9.46. The van der Waals surface area contributed by atoms with Crippen LogP contribution in [0.1, 0.15) is 13.3 Å². The van der Waals surface area contributed by atoms with Gasteiger partial charge in [-0.15, -0.1) is 0 Å². The third-order valence-corrected chi connectivity index (χ3v) is 3.85. The van der Waals surface area contributed by atoms with E-state index in [-0.39, 0.29) is 12.2 Å². The van der Waals surface area contributed by atoms with Crippen LogP contribution in [-0.2, 0) is 14.6 Å². The second kappa shape index (κ2) is 7.50.